The highest BCUT2D eigenvalue weighted by Gasteiger charge is 2.10. The maximum Gasteiger partial charge on any atom is 0.387 e. The molecule has 102 valence electrons. The molecule has 0 radical (unpaired) electrons. The Labute approximate surface area is 121 Å². The molecule has 0 aromatic heterocycles. The summed E-state index contributed by atoms with van der Waals surface area (Å²) < 4.78 is 0. The molecule has 0 aliphatic carbocycles. The van der Waals surface area contributed by atoms with Gasteiger partial charge in [-0.3, -0.25) is 10.6 Å². The fraction of sp³-hybridized carbons (Fsp3) is 0.0667. The van der Waals surface area contributed by atoms with Crippen molar-refractivity contribution in [2.75, 3.05) is 0 Å². The first-order valence-electron chi connectivity index (χ1n) is 5.98. The third kappa shape index (κ3) is 3.59. The van der Waals surface area contributed by atoms with Crippen molar-refractivity contribution in [3.05, 3.63) is 70.2 Å². The summed E-state index contributed by atoms with van der Waals surface area (Å²) in [6.45, 7) is 1.90. The molecule has 0 aliphatic rings. The average molecular weight is 290 g/mol. The van der Waals surface area contributed by atoms with Gasteiger partial charge in [-0.05, 0) is 43.3 Å². The SMILES string of the molecule is Cc1cccc(C(=O)O[NH+]=C(N)c2ccc(Cl)cc2)c1. The van der Waals surface area contributed by atoms with Crippen LogP contribution < -0.4 is 10.9 Å². The second-order valence-corrected chi connectivity index (χ2v) is 4.72. The zero-order chi connectivity index (χ0) is 14.5. The van der Waals surface area contributed by atoms with E-state index in [-0.39, 0.29) is 5.84 Å². The molecule has 0 unspecified atom stereocenters. The molecule has 20 heavy (non-hydrogen) atoms. The van der Waals surface area contributed by atoms with E-state index in [4.69, 9.17) is 22.2 Å². The van der Waals surface area contributed by atoms with Crippen LogP contribution in [0, 0.1) is 6.92 Å². The van der Waals surface area contributed by atoms with Gasteiger partial charge in [-0.15, -0.1) is 0 Å². The number of nitrogens with one attached hydrogen (secondary N) is 1. The van der Waals surface area contributed by atoms with Crippen molar-refractivity contribution < 1.29 is 14.8 Å². The van der Waals surface area contributed by atoms with Gasteiger partial charge in [0.2, 0.25) is 0 Å². The number of benzene rings is 2. The molecular formula is C15H14ClN2O2+. The van der Waals surface area contributed by atoms with Crippen LogP contribution in [0.15, 0.2) is 48.5 Å². The molecule has 0 aliphatic heterocycles. The zero-order valence-electron chi connectivity index (χ0n) is 10.9. The Morgan fingerprint density at radius 1 is 1.15 bits per heavy atom. The van der Waals surface area contributed by atoms with E-state index in [0.29, 0.717) is 16.1 Å². The second kappa shape index (κ2) is 6.21. The first-order valence-corrected chi connectivity index (χ1v) is 6.36. The number of rotatable bonds is 3. The molecule has 0 saturated carbocycles. The maximum atomic E-state index is 11.8. The van der Waals surface area contributed by atoms with Crippen LogP contribution in [0.5, 0.6) is 0 Å². The Balaban J connectivity index is 2.08. The van der Waals surface area contributed by atoms with Crippen LogP contribution in [0.3, 0.4) is 0 Å². The quantitative estimate of drug-likeness (QED) is 0.386. The average Bonchev–Trinajstić information content (AvgIpc) is 2.45. The Hall–Kier alpha value is -2.33. The van der Waals surface area contributed by atoms with Crippen molar-refractivity contribution in [3.8, 4) is 0 Å². The van der Waals surface area contributed by atoms with E-state index in [1.807, 2.05) is 13.0 Å². The van der Waals surface area contributed by atoms with Crippen molar-refractivity contribution in [3.63, 3.8) is 0 Å². The molecule has 0 atom stereocenters. The molecule has 3 N–H and O–H groups in total. The lowest BCUT2D eigenvalue weighted by atomic mass is 10.1. The van der Waals surface area contributed by atoms with Crippen LogP contribution in [0.1, 0.15) is 21.5 Å². The van der Waals surface area contributed by atoms with E-state index in [1.165, 1.54) is 0 Å². The summed E-state index contributed by atoms with van der Waals surface area (Å²) in [5.41, 5.74) is 7.91. The van der Waals surface area contributed by atoms with Gasteiger partial charge in [-0.2, -0.15) is 0 Å². The Morgan fingerprint density at radius 3 is 2.50 bits per heavy atom. The van der Waals surface area contributed by atoms with Gasteiger partial charge in [0, 0.05) is 5.02 Å². The second-order valence-electron chi connectivity index (χ2n) is 4.28. The smallest absolute Gasteiger partial charge is 0.284 e. The lowest BCUT2D eigenvalue weighted by molar-refractivity contribution is -0.721. The lowest BCUT2D eigenvalue weighted by Crippen LogP contribution is -2.75. The third-order valence-electron chi connectivity index (χ3n) is 2.66. The number of hydrogen-bond donors (Lipinski definition) is 2. The molecule has 0 bridgehead atoms. The van der Waals surface area contributed by atoms with Gasteiger partial charge >= 0.3 is 11.8 Å². The normalized spacial score (nSPS) is 11.2. The Bertz CT molecular complexity index is 651. The number of nitrogens with two attached hydrogens (primary N) is 1. The Morgan fingerprint density at radius 2 is 1.85 bits per heavy atom. The van der Waals surface area contributed by atoms with Crippen LogP contribution in [-0.4, -0.2) is 11.8 Å². The molecule has 2 rings (SSSR count). The van der Waals surface area contributed by atoms with Crippen molar-refractivity contribution in [2.45, 2.75) is 6.92 Å². The molecule has 0 spiro atoms. The summed E-state index contributed by atoms with van der Waals surface area (Å²) in [5, 5.41) is 3.05. The number of carbonyl (C=O) groups excluding carboxylic acids is 1. The predicted molar refractivity (Wildman–Crippen MR) is 77.3 cm³/mol. The summed E-state index contributed by atoms with van der Waals surface area (Å²) in [4.78, 5) is 16.8. The van der Waals surface area contributed by atoms with Crippen molar-refractivity contribution in [2.24, 2.45) is 5.73 Å². The molecule has 2 aromatic carbocycles. The summed E-state index contributed by atoms with van der Waals surface area (Å²) in [6, 6.07) is 14.0. The molecule has 0 amide bonds. The topological polar surface area (TPSA) is 66.3 Å². The fourth-order valence-corrected chi connectivity index (χ4v) is 1.75. The number of aryl methyl sites for hydroxylation is 1. The van der Waals surface area contributed by atoms with Crippen molar-refractivity contribution in [1.29, 1.82) is 0 Å². The van der Waals surface area contributed by atoms with Gasteiger partial charge in [0.25, 0.3) is 0 Å². The van der Waals surface area contributed by atoms with E-state index in [2.05, 4.69) is 5.16 Å². The zero-order valence-corrected chi connectivity index (χ0v) is 11.6. The van der Waals surface area contributed by atoms with Crippen LogP contribution in [0.4, 0.5) is 0 Å². The first-order chi connectivity index (χ1) is 9.56. The largest absolute Gasteiger partial charge is 0.387 e. The minimum atomic E-state index is -0.495. The number of halogens is 1. The summed E-state index contributed by atoms with van der Waals surface area (Å²) in [5.74, 6) is -0.256. The summed E-state index contributed by atoms with van der Waals surface area (Å²) >= 11 is 5.78. The first kappa shape index (κ1) is 14.1. The van der Waals surface area contributed by atoms with Gasteiger partial charge in [0.05, 0.1) is 11.1 Å². The summed E-state index contributed by atoms with van der Waals surface area (Å²) in [6.07, 6.45) is 0. The van der Waals surface area contributed by atoms with Gasteiger partial charge < -0.3 is 0 Å². The number of carbonyl (C=O) groups is 1. The minimum absolute atomic E-state index is 0.239. The lowest BCUT2D eigenvalue weighted by Gasteiger charge is -1.99. The summed E-state index contributed by atoms with van der Waals surface area (Å²) in [7, 11) is 0. The van der Waals surface area contributed by atoms with Crippen molar-refractivity contribution >= 4 is 23.4 Å². The highest BCUT2D eigenvalue weighted by Crippen LogP contribution is 2.08. The van der Waals surface area contributed by atoms with E-state index < -0.39 is 5.97 Å². The number of amidine groups is 1. The molecule has 5 heteroatoms. The predicted octanol–water partition coefficient (Wildman–Crippen LogP) is 1.21. The molecule has 4 nitrogen and oxygen atoms in total. The minimum Gasteiger partial charge on any atom is -0.284 e. The molecular weight excluding hydrogens is 276 g/mol. The fourth-order valence-electron chi connectivity index (χ4n) is 1.62. The molecule has 0 fully saturated rings. The third-order valence-corrected chi connectivity index (χ3v) is 2.91. The highest BCUT2D eigenvalue weighted by atomic mass is 35.5. The van der Waals surface area contributed by atoms with Crippen LogP contribution >= 0.6 is 11.6 Å². The van der Waals surface area contributed by atoms with Gasteiger partial charge in [-0.1, -0.05) is 34.5 Å². The van der Waals surface area contributed by atoms with Crippen LogP contribution in [0.2, 0.25) is 5.02 Å². The highest BCUT2D eigenvalue weighted by molar-refractivity contribution is 6.30. The molecule has 0 heterocycles. The van der Waals surface area contributed by atoms with Crippen molar-refractivity contribution in [1.82, 2.24) is 0 Å². The van der Waals surface area contributed by atoms with Gasteiger partial charge in [0.15, 0.2) is 0 Å². The Kier molecular flexibility index (Phi) is 4.38. The van der Waals surface area contributed by atoms with E-state index in [0.717, 1.165) is 5.56 Å². The van der Waals surface area contributed by atoms with Crippen LogP contribution in [0.25, 0.3) is 0 Å². The van der Waals surface area contributed by atoms with E-state index in [1.54, 1.807) is 42.5 Å². The maximum absolute atomic E-state index is 11.8. The van der Waals surface area contributed by atoms with E-state index >= 15 is 0 Å². The molecule has 2 aromatic rings. The van der Waals surface area contributed by atoms with Gasteiger partial charge in [-0.25, -0.2) is 4.79 Å². The van der Waals surface area contributed by atoms with Crippen LogP contribution in [-0.2, 0) is 4.84 Å². The standard InChI is InChI=1S/C15H13ClN2O2/c1-10-3-2-4-12(9-10)15(19)20-18-14(17)11-5-7-13(16)8-6-11/h2-9H,1H3,(H2,17,18)/p+1. The monoisotopic (exact) mass is 289 g/mol. The van der Waals surface area contributed by atoms with E-state index in [9.17, 15) is 4.79 Å². The number of hydrogen-bond acceptors (Lipinski definition) is 2. The van der Waals surface area contributed by atoms with Gasteiger partial charge in [0.1, 0.15) is 0 Å². The molecule has 0 saturated heterocycles. The number of nitrogen functional groups attached to an aromatic ring is 1.